The lowest BCUT2D eigenvalue weighted by Gasteiger charge is -2.26. The molecule has 1 atom stereocenters. The zero-order valence-electron chi connectivity index (χ0n) is 26.5. The van der Waals surface area contributed by atoms with Gasteiger partial charge in [0.25, 0.3) is 5.56 Å². The summed E-state index contributed by atoms with van der Waals surface area (Å²) < 4.78 is 26.7. The maximum absolute atomic E-state index is 14.4. The lowest BCUT2D eigenvalue weighted by Crippen LogP contribution is -2.40. The van der Waals surface area contributed by atoms with E-state index in [9.17, 15) is 9.59 Å². The summed E-state index contributed by atoms with van der Waals surface area (Å²) in [5.74, 6) is 1.19. The number of ether oxygens (including phenoxy) is 4. The maximum atomic E-state index is 14.4. The highest BCUT2D eigenvalue weighted by Gasteiger charge is 2.35. The number of hydrogen-bond donors (Lipinski definition) is 0. The molecule has 250 valence electrons. The number of fused-ring (bicyclic) bond motifs is 1. The van der Waals surface area contributed by atoms with Crippen molar-refractivity contribution in [3.63, 3.8) is 0 Å². The Kier molecular flexibility index (Phi) is 11.1. The molecule has 0 saturated heterocycles. The number of thiazole rings is 1. The molecule has 0 spiro atoms. The van der Waals surface area contributed by atoms with Crippen molar-refractivity contribution < 1.29 is 23.7 Å². The van der Waals surface area contributed by atoms with Crippen molar-refractivity contribution in [1.82, 2.24) is 4.57 Å². The third kappa shape index (κ3) is 7.44. The second-order valence-corrected chi connectivity index (χ2v) is 14.5. The summed E-state index contributed by atoms with van der Waals surface area (Å²) in [6, 6.07) is 25.4. The van der Waals surface area contributed by atoms with Gasteiger partial charge < -0.3 is 18.9 Å². The van der Waals surface area contributed by atoms with E-state index in [-0.39, 0.29) is 17.7 Å². The largest absolute Gasteiger partial charge is 0.493 e. The monoisotopic (exact) mass is 918 g/mol. The van der Waals surface area contributed by atoms with E-state index in [0.717, 1.165) is 29.6 Å². The summed E-state index contributed by atoms with van der Waals surface area (Å²) in [5.41, 5.74) is 3.61. The second-order valence-electron chi connectivity index (χ2n) is 10.8. The van der Waals surface area contributed by atoms with Gasteiger partial charge in [-0.25, -0.2) is 9.79 Å². The molecule has 1 aliphatic rings. The van der Waals surface area contributed by atoms with E-state index in [1.54, 1.807) is 37.8 Å². The number of hydrogen-bond acceptors (Lipinski definition) is 8. The topological polar surface area (TPSA) is 88.4 Å². The van der Waals surface area contributed by atoms with Gasteiger partial charge in [-0.3, -0.25) is 9.36 Å². The summed E-state index contributed by atoms with van der Waals surface area (Å²) in [6.45, 7) is 2.30. The van der Waals surface area contributed by atoms with E-state index in [4.69, 9.17) is 35.5 Å². The van der Waals surface area contributed by atoms with Crippen molar-refractivity contribution in [3.8, 4) is 17.2 Å². The molecular weight excluding hydrogens is 890 g/mol. The molecular formula is C37H29ClI2N2O6S. The Morgan fingerprint density at radius 1 is 0.959 bits per heavy atom. The van der Waals surface area contributed by atoms with E-state index in [1.807, 2.05) is 78.9 Å². The molecule has 4 aromatic carbocycles. The fraction of sp³-hybridized carbons (Fsp3) is 0.162. The van der Waals surface area contributed by atoms with Gasteiger partial charge in [0, 0.05) is 10.6 Å². The van der Waals surface area contributed by atoms with Crippen LogP contribution in [0.25, 0.3) is 11.8 Å². The molecule has 0 fully saturated rings. The maximum Gasteiger partial charge on any atom is 0.338 e. The predicted octanol–water partition coefficient (Wildman–Crippen LogP) is 7.39. The fourth-order valence-corrected chi connectivity index (χ4v) is 8.72. The van der Waals surface area contributed by atoms with E-state index >= 15 is 0 Å². The average Bonchev–Trinajstić information content (AvgIpc) is 3.41. The Hall–Kier alpha value is -3.66. The van der Waals surface area contributed by atoms with Crippen LogP contribution in [0.2, 0.25) is 5.02 Å². The van der Waals surface area contributed by atoms with Gasteiger partial charge in [-0.1, -0.05) is 71.5 Å². The molecule has 1 aliphatic heterocycles. The minimum absolute atomic E-state index is 0.157. The smallest absolute Gasteiger partial charge is 0.338 e. The summed E-state index contributed by atoms with van der Waals surface area (Å²) in [4.78, 5) is 33.6. The Morgan fingerprint density at radius 3 is 2.31 bits per heavy atom. The van der Waals surface area contributed by atoms with Crippen LogP contribution in [0, 0.1) is 7.14 Å². The molecule has 0 aliphatic carbocycles. The van der Waals surface area contributed by atoms with Crippen molar-refractivity contribution in [2.75, 3.05) is 20.8 Å². The molecule has 6 rings (SSSR count). The average molecular weight is 919 g/mol. The first-order chi connectivity index (χ1) is 23.7. The predicted molar refractivity (Wildman–Crippen MR) is 208 cm³/mol. The first-order valence-corrected chi connectivity index (χ1v) is 18.4. The van der Waals surface area contributed by atoms with E-state index < -0.39 is 12.0 Å². The van der Waals surface area contributed by atoms with Crippen LogP contribution >= 0.6 is 68.1 Å². The van der Waals surface area contributed by atoms with Crippen molar-refractivity contribution in [2.24, 2.45) is 4.99 Å². The van der Waals surface area contributed by atoms with Gasteiger partial charge in [-0.05, 0) is 111 Å². The van der Waals surface area contributed by atoms with E-state index in [0.29, 0.717) is 43.7 Å². The number of rotatable bonds is 10. The first-order valence-electron chi connectivity index (χ1n) is 15.1. The Bertz CT molecular complexity index is 2230. The lowest BCUT2D eigenvalue weighted by molar-refractivity contribution is -0.138. The van der Waals surface area contributed by atoms with Gasteiger partial charge in [0.2, 0.25) is 0 Å². The van der Waals surface area contributed by atoms with E-state index in [2.05, 4.69) is 45.2 Å². The van der Waals surface area contributed by atoms with Crippen LogP contribution in [-0.4, -0.2) is 31.4 Å². The highest BCUT2D eigenvalue weighted by molar-refractivity contribution is 14.1. The Balaban J connectivity index is 1.50. The van der Waals surface area contributed by atoms with Crippen LogP contribution in [0.4, 0.5) is 0 Å². The third-order valence-electron chi connectivity index (χ3n) is 7.71. The molecule has 0 bridgehead atoms. The van der Waals surface area contributed by atoms with Crippen LogP contribution < -0.4 is 29.1 Å². The van der Waals surface area contributed by atoms with Crippen molar-refractivity contribution in [2.45, 2.75) is 19.6 Å². The number of aromatic nitrogens is 1. The van der Waals surface area contributed by atoms with Gasteiger partial charge in [0.15, 0.2) is 16.3 Å². The Labute approximate surface area is 318 Å². The van der Waals surface area contributed by atoms with Crippen molar-refractivity contribution >= 4 is 85.9 Å². The number of esters is 1. The van der Waals surface area contributed by atoms with Gasteiger partial charge in [-0.15, -0.1) is 0 Å². The number of benzene rings is 4. The number of methoxy groups -OCH3 is 2. The SMILES string of the molecule is CCOC(=O)C1=C(c2ccccc2)N=c2s/c(=C\c3cc(I)c(OCc4ccc(Cl)cc4)c(I)c3)c(=O)n2[C@H]1c1ccc(OC)c(OC)c1. The molecule has 0 radical (unpaired) electrons. The van der Waals surface area contributed by atoms with Gasteiger partial charge in [-0.2, -0.15) is 0 Å². The first kappa shape index (κ1) is 35.2. The fourth-order valence-electron chi connectivity index (χ4n) is 5.47. The van der Waals surface area contributed by atoms with Crippen molar-refractivity contribution in [1.29, 1.82) is 0 Å². The minimum Gasteiger partial charge on any atom is -0.493 e. The normalized spacial score (nSPS) is 14.2. The van der Waals surface area contributed by atoms with Crippen LogP contribution in [-0.2, 0) is 16.1 Å². The summed E-state index contributed by atoms with van der Waals surface area (Å²) in [6.07, 6.45) is 1.85. The molecule has 12 heteroatoms. The molecule has 0 saturated carbocycles. The van der Waals surface area contributed by atoms with Gasteiger partial charge in [0.05, 0.1) is 49.8 Å². The number of nitrogens with zero attached hydrogens (tertiary/aromatic N) is 2. The molecule has 5 aromatic rings. The molecule has 0 N–H and O–H groups in total. The van der Waals surface area contributed by atoms with Crippen LogP contribution in [0.1, 0.15) is 35.2 Å². The van der Waals surface area contributed by atoms with Crippen LogP contribution in [0.3, 0.4) is 0 Å². The van der Waals surface area contributed by atoms with Crippen LogP contribution in [0.5, 0.6) is 17.2 Å². The van der Waals surface area contributed by atoms with Crippen molar-refractivity contribution in [3.05, 3.63) is 145 Å². The molecule has 8 nitrogen and oxygen atoms in total. The Morgan fingerprint density at radius 2 is 1.65 bits per heavy atom. The number of halogens is 3. The molecule has 49 heavy (non-hydrogen) atoms. The lowest BCUT2D eigenvalue weighted by atomic mass is 9.93. The molecule has 2 heterocycles. The second kappa shape index (κ2) is 15.5. The third-order valence-corrected chi connectivity index (χ3v) is 10.5. The summed E-state index contributed by atoms with van der Waals surface area (Å²) in [7, 11) is 3.10. The highest BCUT2D eigenvalue weighted by Crippen LogP contribution is 2.38. The summed E-state index contributed by atoms with van der Waals surface area (Å²) in [5, 5.41) is 0.672. The quantitative estimate of drug-likeness (QED) is 0.107. The molecule has 0 amide bonds. The molecule has 0 unspecified atom stereocenters. The van der Waals surface area contributed by atoms with Crippen LogP contribution in [0.15, 0.2) is 100 Å². The van der Waals surface area contributed by atoms with Gasteiger partial charge >= 0.3 is 5.97 Å². The van der Waals surface area contributed by atoms with Gasteiger partial charge in [0.1, 0.15) is 12.4 Å². The standard InChI is InChI=1S/C37H29ClI2N2O6S/c1-4-47-36(44)31-32(23-8-6-5-7-9-23)41-37-42(33(31)24-12-15-28(45-2)29(19-24)46-3)35(43)30(49-37)18-22-16-26(39)34(27(40)17-22)48-20-21-10-13-25(38)14-11-21/h5-19,33H,4,20H2,1-3H3/b30-18-/t33-/m0/s1. The zero-order valence-corrected chi connectivity index (χ0v) is 32.4. The highest BCUT2D eigenvalue weighted by atomic mass is 127. The van der Waals surface area contributed by atoms with E-state index in [1.165, 1.54) is 11.3 Å². The number of carbonyl (C=O) groups is 1. The minimum atomic E-state index is -0.851. The summed E-state index contributed by atoms with van der Waals surface area (Å²) >= 11 is 11.8. The zero-order chi connectivity index (χ0) is 34.7. The molecule has 1 aromatic heterocycles. The number of carbonyl (C=O) groups excluding carboxylic acids is 1.